The first-order valence-corrected chi connectivity index (χ1v) is 4.26. The summed E-state index contributed by atoms with van der Waals surface area (Å²) in [4.78, 5) is -1.47. The molecule has 0 heterocycles. The molecule has 1 unspecified atom stereocenters. The molecule has 0 radical (unpaired) electrons. The summed E-state index contributed by atoms with van der Waals surface area (Å²) in [7, 11) is 0. The summed E-state index contributed by atoms with van der Waals surface area (Å²) >= 11 is 11.1. The van der Waals surface area contributed by atoms with Crippen LogP contribution in [-0.4, -0.2) is 10.8 Å². The second kappa shape index (κ2) is 5.04. The number of nitriles is 2. The van der Waals surface area contributed by atoms with Crippen LogP contribution >= 0.6 is 23.2 Å². The van der Waals surface area contributed by atoms with Crippen molar-refractivity contribution in [3.63, 3.8) is 0 Å². The normalized spacial score (nSPS) is 13.8. The zero-order chi connectivity index (χ0) is 9.61. The smallest absolute Gasteiger partial charge is 0.195 e. The van der Waals surface area contributed by atoms with E-state index < -0.39 is 4.87 Å². The highest BCUT2D eigenvalue weighted by Crippen LogP contribution is 2.24. The Labute approximate surface area is 82.0 Å². The minimum atomic E-state index is -1.47. The van der Waals surface area contributed by atoms with Crippen LogP contribution in [0.5, 0.6) is 0 Å². The van der Waals surface area contributed by atoms with E-state index >= 15 is 0 Å². The molecule has 0 aliphatic heterocycles. The molecule has 0 aliphatic rings. The molecule has 0 saturated heterocycles. The van der Waals surface area contributed by atoms with Crippen molar-refractivity contribution in [1.29, 1.82) is 10.5 Å². The van der Waals surface area contributed by atoms with Crippen LogP contribution in [0, 0.1) is 28.6 Å². The fraction of sp³-hybridized carbons (Fsp3) is 0.500. The molecule has 0 saturated carbocycles. The number of nitrogens with zero attached hydrogens (tertiary/aromatic N) is 2. The van der Waals surface area contributed by atoms with Crippen molar-refractivity contribution in [2.24, 2.45) is 5.92 Å². The van der Waals surface area contributed by atoms with Crippen LogP contribution in [0.1, 0.15) is 6.92 Å². The molecule has 0 amide bonds. The fourth-order valence-electron chi connectivity index (χ4n) is 0.617. The van der Waals surface area contributed by atoms with Gasteiger partial charge in [-0.25, -0.2) is 0 Å². The van der Waals surface area contributed by atoms with E-state index in [0.717, 1.165) is 0 Å². The Bertz CT molecular complexity index is 233. The Morgan fingerprint density at radius 2 is 2.00 bits per heavy atom. The molecule has 0 bridgehead atoms. The highest BCUT2D eigenvalue weighted by Gasteiger charge is 2.32. The van der Waals surface area contributed by atoms with Gasteiger partial charge >= 0.3 is 0 Å². The van der Waals surface area contributed by atoms with Gasteiger partial charge in [0.1, 0.15) is 12.1 Å². The predicted octanol–water partition coefficient (Wildman–Crippen LogP) is 2.44. The lowest BCUT2D eigenvalue weighted by Gasteiger charge is -2.14. The van der Waals surface area contributed by atoms with E-state index in [1.54, 1.807) is 31.2 Å². The average molecular weight is 203 g/mol. The van der Waals surface area contributed by atoms with Crippen LogP contribution in [0.15, 0.2) is 12.2 Å². The van der Waals surface area contributed by atoms with Crippen molar-refractivity contribution >= 4 is 23.2 Å². The number of hydrogen-bond acceptors (Lipinski definition) is 2. The molecule has 0 aromatic heterocycles. The average Bonchev–Trinajstić information content (AvgIpc) is 2.12. The monoisotopic (exact) mass is 202 g/mol. The van der Waals surface area contributed by atoms with Gasteiger partial charge < -0.3 is 0 Å². The van der Waals surface area contributed by atoms with Crippen LogP contribution in [0.25, 0.3) is 0 Å². The Kier molecular flexibility index (Phi) is 4.74. The van der Waals surface area contributed by atoms with Crippen molar-refractivity contribution in [3.8, 4) is 12.1 Å². The van der Waals surface area contributed by atoms with E-state index in [2.05, 4.69) is 0 Å². The van der Waals surface area contributed by atoms with Crippen LogP contribution in [0.2, 0.25) is 0 Å². The number of alkyl halides is 2. The molecule has 4 heteroatoms. The van der Waals surface area contributed by atoms with E-state index in [-0.39, 0.29) is 5.92 Å². The standard InChI is InChI=1S/C8H8Cl2N2/c1-7(3-2-4-9)8(10,5-11)6-12/h2-3,7H,4H2,1H3/b3-2+. The lowest BCUT2D eigenvalue weighted by atomic mass is 9.96. The maximum absolute atomic E-state index is 8.58. The molecule has 0 fully saturated rings. The van der Waals surface area contributed by atoms with Gasteiger partial charge in [-0.05, 0) is 0 Å². The molecule has 0 aliphatic carbocycles. The van der Waals surface area contributed by atoms with Gasteiger partial charge in [-0.3, -0.25) is 0 Å². The number of halogens is 2. The van der Waals surface area contributed by atoms with E-state index in [1.165, 1.54) is 0 Å². The molecule has 64 valence electrons. The van der Waals surface area contributed by atoms with E-state index in [9.17, 15) is 0 Å². The minimum absolute atomic E-state index is 0.326. The zero-order valence-electron chi connectivity index (χ0n) is 6.59. The lowest BCUT2D eigenvalue weighted by molar-refractivity contribution is 0.666. The molecule has 12 heavy (non-hydrogen) atoms. The maximum atomic E-state index is 8.58. The first-order valence-electron chi connectivity index (χ1n) is 3.34. The molecule has 1 atom stereocenters. The first kappa shape index (κ1) is 11.3. The van der Waals surface area contributed by atoms with E-state index in [1.807, 2.05) is 0 Å². The fourth-order valence-corrected chi connectivity index (χ4v) is 0.792. The third-order valence-electron chi connectivity index (χ3n) is 1.47. The summed E-state index contributed by atoms with van der Waals surface area (Å²) in [5.41, 5.74) is 0. The summed E-state index contributed by atoms with van der Waals surface area (Å²) < 4.78 is 0. The molecule has 0 aromatic rings. The first-order chi connectivity index (χ1) is 5.60. The highest BCUT2D eigenvalue weighted by atomic mass is 35.5. The van der Waals surface area contributed by atoms with Crippen molar-refractivity contribution in [2.45, 2.75) is 11.8 Å². The Balaban J connectivity index is 4.48. The highest BCUT2D eigenvalue weighted by molar-refractivity contribution is 6.28. The van der Waals surface area contributed by atoms with Crippen LogP contribution in [-0.2, 0) is 0 Å². The van der Waals surface area contributed by atoms with Gasteiger partial charge in [0, 0.05) is 11.8 Å². The largest absolute Gasteiger partial charge is 0.221 e. The SMILES string of the molecule is CC(/C=C/CCl)C(Cl)(C#N)C#N. The van der Waals surface area contributed by atoms with Crippen molar-refractivity contribution < 1.29 is 0 Å². The molecule has 0 aromatic carbocycles. The number of hydrogen-bond donors (Lipinski definition) is 0. The number of allylic oxidation sites excluding steroid dienone is 2. The van der Waals surface area contributed by atoms with Gasteiger partial charge in [-0.1, -0.05) is 30.7 Å². The lowest BCUT2D eigenvalue weighted by Crippen LogP contribution is -2.24. The van der Waals surface area contributed by atoms with Gasteiger partial charge in [0.05, 0.1) is 0 Å². The molecular weight excluding hydrogens is 195 g/mol. The topological polar surface area (TPSA) is 47.6 Å². The summed E-state index contributed by atoms with van der Waals surface area (Å²) in [5.74, 6) is 0.0293. The molecule has 0 N–H and O–H groups in total. The summed E-state index contributed by atoms with van der Waals surface area (Å²) in [5, 5.41) is 17.2. The molecule has 0 rings (SSSR count). The Morgan fingerprint density at radius 1 is 1.50 bits per heavy atom. The van der Waals surface area contributed by atoms with E-state index in [0.29, 0.717) is 5.88 Å². The van der Waals surface area contributed by atoms with Gasteiger partial charge in [-0.15, -0.1) is 11.6 Å². The number of rotatable bonds is 3. The third kappa shape index (κ3) is 2.74. The molecule has 2 nitrogen and oxygen atoms in total. The Morgan fingerprint density at radius 3 is 2.33 bits per heavy atom. The van der Waals surface area contributed by atoms with Crippen LogP contribution in [0.4, 0.5) is 0 Å². The third-order valence-corrected chi connectivity index (χ3v) is 2.16. The predicted molar refractivity (Wildman–Crippen MR) is 48.8 cm³/mol. The maximum Gasteiger partial charge on any atom is 0.221 e. The minimum Gasteiger partial charge on any atom is -0.195 e. The van der Waals surface area contributed by atoms with Crippen LogP contribution < -0.4 is 0 Å². The van der Waals surface area contributed by atoms with E-state index in [4.69, 9.17) is 33.7 Å². The van der Waals surface area contributed by atoms with Crippen molar-refractivity contribution in [1.82, 2.24) is 0 Å². The van der Waals surface area contributed by atoms with Crippen LogP contribution in [0.3, 0.4) is 0 Å². The zero-order valence-corrected chi connectivity index (χ0v) is 8.10. The molecule has 0 spiro atoms. The Hall–Kier alpha value is -0.700. The van der Waals surface area contributed by atoms with Gasteiger partial charge in [0.2, 0.25) is 4.87 Å². The summed E-state index contributed by atoms with van der Waals surface area (Å²) in [6, 6.07) is 3.49. The molecular formula is C8H8Cl2N2. The summed E-state index contributed by atoms with van der Waals surface area (Å²) in [6.07, 6.45) is 3.32. The van der Waals surface area contributed by atoms with Gasteiger partial charge in [0.15, 0.2) is 0 Å². The second-order valence-corrected chi connectivity index (χ2v) is 3.21. The van der Waals surface area contributed by atoms with Crippen molar-refractivity contribution in [3.05, 3.63) is 12.2 Å². The second-order valence-electron chi connectivity index (χ2n) is 2.31. The quantitative estimate of drug-likeness (QED) is 0.522. The summed E-state index contributed by atoms with van der Waals surface area (Å²) in [6.45, 7) is 1.70. The van der Waals surface area contributed by atoms with Gasteiger partial charge in [-0.2, -0.15) is 10.5 Å². The van der Waals surface area contributed by atoms with Crippen molar-refractivity contribution in [2.75, 3.05) is 5.88 Å². The van der Waals surface area contributed by atoms with Gasteiger partial charge in [0.25, 0.3) is 0 Å².